The summed E-state index contributed by atoms with van der Waals surface area (Å²) in [4.78, 5) is 14.9. The predicted molar refractivity (Wildman–Crippen MR) is 89.5 cm³/mol. The smallest absolute Gasteiger partial charge is 0.258 e. The van der Waals surface area contributed by atoms with Gasteiger partial charge in [0.05, 0.1) is 5.56 Å². The minimum Gasteiger partial charge on any atom is -0.467 e. The summed E-state index contributed by atoms with van der Waals surface area (Å²) >= 11 is 0. The van der Waals surface area contributed by atoms with Gasteiger partial charge in [0.1, 0.15) is 5.75 Å². The molecule has 1 saturated heterocycles. The molecule has 4 heteroatoms. The van der Waals surface area contributed by atoms with Crippen molar-refractivity contribution < 1.29 is 9.53 Å². The van der Waals surface area contributed by atoms with Crippen molar-refractivity contribution in [3.05, 3.63) is 29.8 Å². The van der Waals surface area contributed by atoms with E-state index in [2.05, 4.69) is 10.2 Å². The number of carbonyl (C=O) groups is 1. The molecule has 4 nitrogen and oxygen atoms in total. The van der Waals surface area contributed by atoms with Gasteiger partial charge in [-0.1, -0.05) is 31.4 Å². The Balaban J connectivity index is 1.38. The summed E-state index contributed by atoms with van der Waals surface area (Å²) in [5, 5.41) is 3.12. The Morgan fingerprint density at radius 2 is 1.87 bits per heavy atom. The molecule has 2 heterocycles. The summed E-state index contributed by atoms with van der Waals surface area (Å²) in [5.74, 6) is 1.62. The molecule has 0 radical (unpaired) electrons. The molecule has 1 aromatic carbocycles. The van der Waals surface area contributed by atoms with Crippen LogP contribution in [-0.4, -0.2) is 36.2 Å². The van der Waals surface area contributed by atoms with Gasteiger partial charge in [0, 0.05) is 32.5 Å². The maximum Gasteiger partial charge on any atom is 0.258 e. The summed E-state index contributed by atoms with van der Waals surface area (Å²) in [5.41, 5.74) is 0.164. The molecule has 4 rings (SSSR count). The first kappa shape index (κ1) is 15.0. The minimum absolute atomic E-state index is 0.00702. The molecule has 0 bridgehead atoms. The third kappa shape index (κ3) is 3.09. The van der Waals surface area contributed by atoms with E-state index in [0.717, 1.165) is 37.6 Å². The van der Waals surface area contributed by atoms with Gasteiger partial charge < -0.3 is 15.0 Å². The van der Waals surface area contributed by atoms with Gasteiger partial charge in [0.15, 0.2) is 5.72 Å². The van der Waals surface area contributed by atoms with Gasteiger partial charge in [-0.3, -0.25) is 4.79 Å². The molecule has 1 spiro atoms. The number of rotatable bonds is 2. The van der Waals surface area contributed by atoms with Gasteiger partial charge >= 0.3 is 0 Å². The van der Waals surface area contributed by atoms with Crippen LogP contribution >= 0.6 is 0 Å². The third-order valence-electron chi connectivity index (χ3n) is 5.68. The van der Waals surface area contributed by atoms with Crippen LogP contribution in [0.3, 0.4) is 0 Å². The second-order valence-corrected chi connectivity index (χ2v) is 7.35. The van der Waals surface area contributed by atoms with E-state index in [1.54, 1.807) is 0 Å². The van der Waals surface area contributed by atoms with Gasteiger partial charge in [-0.2, -0.15) is 0 Å². The Kier molecular flexibility index (Phi) is 4.02. The van der Waals surface area contributed by atoms with Crippen LogP contribution in [0.5, 0.6) is 5.75 Å². The van der Waals surface area contributed by atoms with Crippen molar-refractivity contribution in [1.82, 2.24) is 10.2 Å². The first-order chi connectivity index (χ1) is 11.2. The molecule has 0 atom stereocenters. The molecule has 1 saturated carbocycles. The van der Waals surface area contributed by atoms with Gasteiger partial charge in [0.2, 0.25) is 0 Å². The zero-order valence-corrected chi connectivity index (χ0v) is 13.7. The van der Waals surface area contributed by atoms with Crippen molar-refractivity contribution in [2.24, 2.45) is 5.92 Å². The number of nitrogens with one attached hydrogen (secondary N) is 1. The number of nitrogens with zero attached hydrogens (tertiary/aromatic N) is 1. The van der Waals surface area contributed by atoms with Crippen LogP contribution in [0, 0.1) is 5.92 Å². The molecule has 23 heavy (non-hydrogen) atoms. The highest BCUT2D eigenvalue weighted by Crippen LogP contribution is 2.34. The molecule has 2 fully saturated rings. The molecule has 124 valence electrons. The third-order valence-corrected chi connectivity index (χ3v) is 5.68. The monoisotopic (exact) mass is 314 g/mol. The zero-order valence-electron chi connectivity index (χ0n) is 13.7. The maximum absolute atomic E-state index is 12.4. The summed E-state index contributed by atoms with van der Waals surface area (Å²) in [6.07, 6.45) is 8.75. The van der Waals surface area contributed by atoms with Crippen LogP contribution in [0.1, 0.15) is 55.3 Å². The topological polar surface area (TPSA) is 41.6 Å². The fourth-order valence-electron chi connectivity index (χ4n) is 4.31. The summed E-state index contributed by atoms with van der Waals surface area (Å²) in [7, 11) is 0. The molecule has 1 N–H and O–H groups in total. The molecule has 1 amide bonds. The number of amides is 1. The molecular formula is C19H26N2O2. The Labute approximate surface area is 138 Å². The van der Waals surface area contributed by atoms with Crippen molar-refractivity contribution in [2.75, 3.05) is 19.6 Å². The average Bonchev–Trinajstić information content (AvgIpc) is 2.58. The van der Waals surface area contributed by atoms with Crippen molar-refractivity contribution in [3.63, 3.8) is 0 Å². The van der Waals surface area contributed by atoms with Gasteiger partial charge in [-0.15, -0.1) is 0 Å². The van der Waals surface area contributed by atoms with E-state index in [1.807, 2.05) is 24.3 Å². The molecule has 0 aromatic heterocycles. The number of benzene rings is 1. The zero-order chi connectivity index (χ0) is 15.7. The van der Waals surface area contributed by atoms with Gasteiger partial charge in [-0.25, -0.2) is 0 Å². The number of hydrogen-bond donors (Lipinski definition) is 1. The average molecular weight is 314 g/mol. The number of likely N-dealkylation sites (tertiary alicyclic amines) is 1. The standard InChI is InChI=1S/C19H26N2O2/c22-18-16-8-4-5-9-17(16)23-19(20-18)10-12-21(13-11-19)14-15-6-2-1-3-7-15/h4-5,8-9,15H,1-3,6-7,10-14H2,(H,20,22). The predicted octanol–water partition coefficient (Wildman–Crippen LogP) is 3.18. The number of carbonyl (C=O) groups excluding carboxylic acids is 1. The Morgan fingerprint density at radius 1 is 1.13 bits per heavy atom. The number of ether oxygens (including phenoxy) is 1. The van der Waals surface area contributed by atoms with Crippen LogP contribution in [0.25, 0.3) is 0 Å². The number of para-hydroxylation sites is 1. The van der Waals surface area contributed by atoms with Crippen LogP contribution in [0.2, 0.25) is 0 Å². The lowest BCUT2D eigenvalue weighted by atomic mass is 9.88. The molecule has 1 aromatic rings. The van der Waals surface area contributed by atoms with Gasteiger partial charge in [0.25, 0.3) is 5.91 Å². The van der Waals surface area contributed by atoms with E-state index in [9.17, 15) is 4.79 Å². The van der Waals surface area contributed by atoms with E-state index in [-0.39, 0.29) is 5.91 Å². The fourth-order valence-corrected chi connectivity index (χ4v) is 4.31. The van der Waals surface area contributed by atoms with Gasteiger partial charge in [-0.05, 0) is 30.9 Å². The molecule has 1 aliphatic carbocycles. The lowest BCUT2D eigenvalue weighted by Gasteiger charge is -2.45. The Hall–Kier alpha value is -1.55. The number of fused-ring (bicyclic) bond motifs is 1. The van der Waals surface area contributed by atoms with E-state index >= 15 is 0 Å². The normalized spacial score (nSPS) is 24.8. The first-order valence-corrected chi connectivity index (χ1v) is 9.07. The van der Waals surface area contributed by atoms with Crippen molar-refractivity contribution in [3.8, 4) is 5.75 Å². The Bertz CT molecular complexity index is 572. The lowest BCUT2D eigenvalue weighted by molar-refractivity contribution is -0.0321. The van der Waals surface area contributed by atoms with Crippen LogP contribution in [0.4, 0.5) is 0 Å². The van der Waals surface area contributed by atoms with E-state index in [4.69, 9.17) is 4.74 Å². The SMILES string of the molecule is O=C1NC2(CCN(CC3CCCCC3)CC2)Oc2ccccc21. The summed E-state index contributed by atoms with van der Waals surface area (Å²) in [6.45, 7) is 3.25. The summed E-state index contributed by atoms with van der Waals surface area (Å²) in [6, 6.07) is 7.55. The minimum atomic E-state index is -0.492. The van der Waals surface area contributed by atoms with E-state index in [1.165, 1.54) is 38.6 Å². The molecular weight excluding hydrogens is 288 g/mol. The largest absolute Gasteiger partial charge is 0.467 e. The molecule has 0 unspecified atom stereocenters. The van der Waals surface area contributed by atoms with E-state index < -0.39 is 5.72 Å². The van der Waals surface area contributed by atoms with Crippen molar-refractivity contribution in [2.45, 2.75) is 50.7 Å². The second kappa shape index (κ2) is 6.16. The number of piperidine rings is 1. The summed E-state index contributed by atoms with van der Waals surface area (Å²) < 4.78 is 6.21. The molecule has 2 aliphatic heterocycles. The highest BCUT2D eigenvalue weighted by molar-refractivity contribution is 5.98. The highest BCUT2D eigenvalue weighted by atomic mass is 16.5. The van der Waals surface area contributed by atoms with Crippen molar-refractivity contribution >= 4 is 5.91 Å². The van der Waals surface area contributed by atoms with E-state index in [0.29, 0.717) is 5.56 Å². The van der Waals surface area contributed by atoms with Crippen molar-refractivity contribution in [1.29, 1.82) is 0 Å². The quantitative estimate of drug-likeness (QED) is 0.911. The van der Waals surface area contributed by atoms with Crippen LogP contribution < -0.4 is 10.1 Å². The first-order valence-electron chi connectivity index (χ1n) is 9.07. The Morgan fingerprint density at radius 3 is 2.65 bits per heavy atom. The lowest BCUT2D eigenvalue weighted by Crippen LogP contribution is -2.61. The van der Waals surface area contributed by atoms with Crippen LogP contribution in [-0.2, 0) is 0 Å². The highest BCUT2D eigenvalue weighted by Gasteiger charge is 2.42. The fraction of sp³-hybridized carbons (Fsp3) is 0.632. The number of hydrogen-bond acceptors (Lipinski definition) is 3. The second-order valence-electron chi connectivity index (χ2n) is 7.35. The molecule has 3 aliphatic rings. The maximum atomic E-state index is 12.4. The van der Waals surface area contributed by atoms with Crippen LogP contribution in [0.15, 0.2) is 24.3 Å².